The number of nitrogens with two attached hydrogens (primary N) is 1. The Labute approximate surface area is 72.4 Å². The van der Waals surface area contributed by atoms with Gasteiger partial charge < -0.3 is 15.9 Å². The second-order valence-electron chi connectivity index (χ2n) is 2.88. The average Bonchev–Trinajstić information content (AvgIpc) is 2.00. The van der Waals surface area contributed by atoms with Crippen molar-refractivity contribution in [2.24, 2.45) is 5.73 Å². The Morgan fingerprint density at radius 2 is 2.00 bits per heavy atom. The minimum atomic E-state index is -1.36. The van der Waals surface area contributed by atoms with Crippen LogP contribution in [0.25, 0.3) is 0 Å². The van der Waals surface area contributed by atoms with Crippen molar-refractivity contribution < 1.29 is 15.0 Å². The molecule has 4 heteroatoms. The fourth-order valence-corrected chi connectivity index (χ4v) is 0.921. The molecule has 4 nitrogen and oxygen atoms in total. The molecule has 12 heavy (non-hydrogen) atoms. The van der Waals surface area contributed by atoms with Crippen molar-refractivity contribution in [1.29, 1.82) is 0 Å². The van der Waals surface area contributed by atoms with Crippen LogP contribution in [0.15, 0.2) is 0 Å². The summed E-state index contributed by atoms with van der Waals surface area (Å²) in [5.41, 5.74) is 5.48. The second kappa shape index (κ2) is 6.11. The largest absolute Gasteiger partial charge is 0.368 e. The van der Waals surface area contributed by atoms with Crippen LogP contribution in [0.2, 0.25) is 0 Å². The van der Waals surface area contributed by atoms with Crippen LogP contribution in [0.5, 0.6) is 0 Å². The second-order valence-corrected chi connectivity index (χ2v) is 2.88. The molecule has 0 radical (unpaired) electrons. The zero-order chi connectivity index (χ0) is 9.56. The Kier molecular flexibility index (Phi) is 5.88. The summed E-state index contributed by atoms with van der Waals surface area (Å²) >= 11 is 0. The quantitative estimate of drug-likeness (QED) is 0.487. The van der Waals surface area contributed by atoms with Gasteiger partial charge >= 0.3 is 0 Å². The number of ketones is 1. The average molecular weight is 175 g/mol. The summed E-state index contributed by atoms with van der Waals surface area (Å²) in [5, 5.41) is 17.0. The maximum Gasteiger partial charge on any atom is 0.151 e. The van der Waals surface area contributed by atoms with Crippen LogP contribution in [0.1, 0.15) is 32.6 Å². The lowest BCUT2D eigenvalue weighted by Gasteiger charge is -2.10. The van der Waals surface area contributed by atoms with Crippen molar-refractivity contribution in [3.05, 3.63) is 0 Å². The number of rotatable bonds is 6. The first-order valence-corrected chi connectivity index (χ1v) is 4.22. The molecule has 1 unspecified atom stereocenters. The highest BCUT2D eigenvalue weighted by atomic mass is 16.5. The number of hydrogen-bond donors (Lipinski definition) is 3. The van der Waals surface area contributed by atoms with E-state index < -0.39 is 12.3 Å². The van der Waals surface area contributed by atoms with Crippen molar-refractivity contribution in [3.63, 3.8) is 0 Å². The number of aliphatic hydroxyl groups excluding tert-OH is 1. The molecule has 0 saturated carbocycles. The summed E-state index contributed by atoms with van der Waals surface area (Å²) in [6.45, 7) is 1.91. The van der Waals surface area contributed by atoms with Crippen LogP contribution in [0, 0.1) is 0 Å². The molecule has 0 aliphatic heterocycles. The van der Waals surface area contributed by atoms with Gasteiger partial charge in [0.2, 0.25) is 0 Å². The van der Waals surface area contributed by atoms with E-state index in [0.29, 0.717) is 12.8 Å². The summed E-state index contributed by atoms with van der Waals surface area (Å²) in [6.07, 6.45) is 0.412. The predicted molar refractivity (Wildman–Crippen MR) is 45.4 cm³/mol. The molecule has 0 aromatic rings. The van der Waals surface area contributed by atoms with Gasteiger partial charge in [0.05, 0.1) is 6.04 Å². The fourth-order valence-electron chi connectivity index (χ4n) is 0.921. The zero-order valence-corrected chi connectivity index (χ0v) is 7.36. The molecular formula is C8H17NO3. The molecule has 0 amide bonds. The van der Waals surface area contributed by atoms with Gasteiger partial charge in [0, 0.05) is 6.42 Å². The van der Waals surface area contributed by atoms with Gasteiger partial charge in [-0.2, -0.15) is 0 Å². The Bertz CT molecular complexity index is 136. The summed E-state index contributed by atoms with van der Waals surface area (Å²) in [6, 6.07) is -0.535. The van der Waals surface area contributed by atoms with Gasteiger partial charge in [-0.25, -0.2) is 0 Å². The van der Waals surface area contributed by atoms with Crippen molar-refractivity contribution >= 4 is 5.78 Å². The molecule has 0 aromatic carbocycles. The Hall–Kier alpha value is -0.450. The zero-order valence-electron chi connectivity index (χ0n) is 7.36. The summed E-state index contributed by atoms with van der Waals surface area (Å²) in [5.74, 6) is -0.00171. The Balaban J connectivity index is 3.56. The number of hydrogen-bond acceptors (Lipinski definition) is 4. The molecule has 0 bridgehead atoms. The highest BCUT2D eigenvalue weighted by Crippen LogP contribution is 2.02. The fraction of sp³-hybridized carbons (Fsp3) is 0.875. The van der Waals surface area contributed by atoms with Gasteiger partial charge in [0.1, 0.15) is 5.78 Å². The summed E-state index contributed by atoms with van der Waals surface area (Å²) in [7, 11) is 0. The number of carbonyl (C=O) groups is 1. The van der Waals surface area contributed by atoms with Crippen LogP contribution in [-0.4, -0.2) is 28.3 Å². The molecule has 0 spiro atoms. The van der Waals surface area contributed by atoms with Crippen LogP contribution in [-0.2, 0) is 4.79 Å². The van der Waals surface area contributed by atoms with E-state index in [0.717, 1.165) is 6.42 Å². The van der Waals surface area contributed by atoms with Gasteiger partial charge in [-0.15, -0.1) is 0 Å². The van der Waals surface area contributed by atoms with Gasteiger partial charge in [0.15, 0.2) is 6.29 Å². The molecule has 72 valence electrons. The molecule has 0 aliphatic rings. The molecule has 0 rings (SSSR count). The SMILES string of the molecule is CCCC(=O)C(N)CCC(O)O. The van der Waals surface area contributed by atoms with Gasteiger partial charge in [-0.05, 0) is 19.3 Å². The van der Waals surface area contributed by atoms with E-state index in [1.807, 2.05) is 6.92 Å². The predicted octanol–water partition coefficient (Wildman–Crippen LogP) is -0.226. The minimum absolute atomic E-state index is 0.00171. The third-order valence-electron chi connectivity index (χ3n) is 1.65. The van der Waals surface area contributed by atoms with Crippen molar-refractivity contribution in [2.75, 3.05) is 0 Å². The van der Waals surface area contributed by atoms with E-state index in [2.05, 4.69) is 0 Å². The monoisotopic (exact) mass is 175 g/mol. The number of Topliss-reactive ketones (excluding diaryl/α,β-unsaturated/α-hetero) is 1. The smallest absolute Gasteiger partial charge is 0.151 e. The topological polar surface area (TPSA) is 83.6 Å². The first kappa shape index (κ1) is 11.6. The summed E-state index contributed by atoms with van der Waals surface area (Å²) < 4.78 is 0. The van der Waals surface area contributed by atoms with E-state index in [-0.39, 0.29) is 12.2 Å². The third kappa shape index (κ3) is 5.23. The first-order chi connectivity index (χ1) is 5.57. The highest BCUT2D eigenvalue weighted by molar-refractivity contribution is 5.83. The lowest BCUT2D eigenvalue weighted by atomic mass is 10.0. The van der Waals surface area contributed by atoms with Crippen molar-refractivity contribution in [2.45, 2.75) is 44.9 Å². The van der Waals surface area contributed by atoms with Crippen molar-refractivity contribution in [1.82, 2.24) is 0 Å². The van der Waals surface area contributed by atoms with Gasteiger partial charge in [-0.1, -0.05) is 6.92 Å². The molecule has 1 atom stereocenters. The molecule has 4 N–H and O–H groups in total. The van der Waals surface area contributed by atoms with Crippen LogP contribution in [0.3, 0.4) is 0 Å². The van der Waals surface area contributed by atoms with Crippen LogP contribution >= 0.6 is 0 Å². The maximum atomic E-state index is 11.1. The van der Waals surface area contributed by atoms with Crippen LogP contribution in [0.4, 0.5) is 0 Å². The third-order valence-corrected chi connectivity index (χ3v) is 1.65. The summed E-state index contributed by atoms with van der Waals surface area (Å²) in [4.78, 5) is 11.1. The molecule has 0 aromatic heterocycles. The number of carbonyl (C=O) groups excluding carboxylic acids is 1. The Morgan fingerprint density at radius 1 is 1.42 bits per heavy atom. The first-order valence-electron chi connectivity index (χ1n) is 4.22. The van der Waals surface area contributed by atoms with E-state index in [9.17, 15) is 4.79 Å². The maximum absolute atomic E-state index is 11.1. The lowest BCUT2D eigenvalue weighted by Crippen LogP contribution is -2.31. The van der Waals surface area contributed by atoms with Crippen LogP contribution < -0.4 is 5.73 Å². The lowest BCUT2D eigenvalue weighted by molar-refractivity contribution is -0.120. The number of aliphatic hydroxyl groups is 2. The van der Waals surface area contributed by atoms with E-state index in [1.165, 1.54) is 0 Å². The molecule has 0 heterocycles. The van der Waals surface area contributed by atoms with Gasteiger partial charge in [-0.3, -0.25) is 4.79 Å². The van der Waals surface area contributed by atoms with E-state index >= 15 is 0 Å². The van der Waals surface area contributed by atoms with Crippen molar-refractivity contribution in [3.8, 4) is 0 Å². The minimum Gasteiger partial charge on any atom is -0.368 e. The van der Waals surface area contributed by atoms with E-state index in [1.54, 1.807) is 0 Å². The standard InChI is InChI=1S/C8H17NO3/c1-2-3-7(10)6(9)4-5-8(11)12/h6,8,11-12H,2-5,9H2,1H3. The normalized spacial score (nSPS) is 13.4. The highest BCUT2D eigenvalue weighted by Gasteiger charge is 2.12. The van der Waals surface area contributed by atoms with Gasteiger partial charge in [0.25, 0.3) is 0 Å². The molecule has 0 saturated heterocycles. The molecule has 0 aliphatic carbocycles. The Morgan fingerprint density at radius 3 is 2.42 bits per heavy atom. The van der Waals surface area contributed by atoms with E-state index in [4.69, 9.17) is 15.9 Å². The molecular weight excluding hydrogens is 158 g/mol. The molecule has 0 fully saturated rings.